The lowest BCUT2D eigenvalue weighted by molar-refractivity contribution is 0.217. The fourth-order valence-electron chi connectivity index (χ4n) is 2.66. The Bertz CT molecular complexity index is 477. The van der Waals surface area contributed by atoms with Gasteiger partial charge in [-0.15, -0.1) is 11.3 Å². The molecule has 0 spiro atoms. The molecule has 1 saturated heterocycles. The molecule has 1 N–H and O–H groups in total. The molecule has 0 saturated carbocycles. The average molecular weight is 316 g/mol. The molecular weight excluding hydrogens is 292 g/mol. The Hall–Kier alpha value is -0.430. The van der Waals surface area contributed by atoms with Crippen molar-refractivity contribution >= 4 is 21.4 Å². The summed E-state index contributed by atoms with van der Waals surface area (Å²) in [4.78, 5) is 3.85. The predicted molar refractivity (Wildman–Crippen MR) is 84.8 cm³/mol. The van der Waals surface area contributed by atoms with Crippen LogP contribution in [0.25, 0.3) is 0 Å². The number of rotatable bonds is 7. The summed E-state index contributed by atoms with van der Waals surface area (Å²) < 4.78 is 25.8. The molecule has 0 bridgehead atoms. The van der Waals surface area contributed by atoms with Crippen molar-refractivity contribution in [3.8, 4) is 0 Å². The Kier molecular flexibility index (Phi) is 6.01. The second-order valence-corrected chi connectivity index (χ2v) is 8.25. The number of thiophene rings is 1. The molecule has 0 aliphatic carbocycles. The maximum atomic E-state index is 11.6. The molecule has 1 aromatic rings. The van der Waals surface area contributed by atoms with Crippen LogP contribution < -0.4 is 4.72 Å². The van der Waals surface area contributed by atoms with Crippen LogP contribution in [0, 0.1) is 0 Å². The Balaban J connectivity index is 1.67. The van der Waals surface area contributed by atoms with E-state index < -0.39 is 10.0 Å². The first-order valence-corrected chi connectivity index (χ1v) is 9.87. The van der Waals surface area contributed by atoms with Gasteiger partial charge in [-0.05, 0) is 49.7 Å². The average Bonchev–Trinajstić information content (AvgIpc) is 2.93. The lowest BCUT2D eigenvalue weighted by atomic mass is 9.95. The van der Waals surface area contributed by atoms with Crippen molar-refractivity contribution in [3.05, 3.63) is 22.4 Å². The van der Waals surface area contributed by atoms with Crippen LogP contribution in [-0.4, -0.2) is 45.2 Å². The fraction of sp³-hybridized carbons (Fsp3) is 0.714. The molecule has 114 valence electrons. The lowest BCUT2D eigenvalue weighted by Crippen LogP contribution is -2.39. The largest absolute Gasteiger partial charge is 0.302 e. The Morgan fingerprint density at radius 1 is 1.40 bits per heavy atom. The van der Waals surface area contributed by atoms with Crippen LogP contribution >= 0.6 is 11.3 Å². The maximum Gasteiger partial charge on any atom is 0.211 e. The molecule has 0 atom stereocenters. The van der Waals surface area contributed by atoms with E-state index >= 15 is 0 Å². The molecule has 1 fully saturated rings. The molecule has 0 unspecified atom stereocenters. The second-order valence-electron chi connectivity index (χ2n) is 5.34. The zero-order valence-corrected chi connectivity index (χ0v) is 13.7. The van der Waals surface area contributed by atoms with Gasteiger partial charge in [0.05, 0.1) is 5.75 Å². The zero-order valence-electron chi connectivity index (χ0n) is 12.0. The number of hydrogen-bond acceptors (Lipinski definition) is 4. The summed E-state index contributed by atoms with van der Waals surface area (Å²) in [6.07, 6.45) is 3.03. The molecular formula is C14H24N2O2S2. The predicted octanol–water partition coefficient (Wildman–Crippen LogP) is 2.26. The highest BCUT2D eigenvalue weighted by Gasteiger charge is 2.21. The fourth-order valence-corrected chi connectivity index (χ4v) is 4.65. The van der Waals surface area contributed by atoms with E-state index in [0.29, 0.717) is 18.9 Å². The van der Waals surface area contributed by atoms with E-state index in [1.54, 1.807) is 0 Å². The Morgan fingerprint density at radius 2 is 2.15 bits per heavy atom. The van der Waals surface area contributed by atoms with E-state index in [2.05, 4.69) is 27.1 Å². The molecule has 2 heterocycles. The van der Waals surface area contributed by atoms with Crippen LogP contribution in [0.2, 0.25) is 0 Å². The molecule has 20 heavy (non-hydrogen) atoms. The lowest BCUT2D eigenvalue weighted by Gasteiger charge is -2.31. The Morgan fingerprint density at radius 3 is 2.75 bits per heavy atom. The molecule has 0 radical (unpaired) electrons. The van der Waals surface area contributed by atoms with Gasteiger partial charge in [-0.2, -0.15) is 0 Å². The highest BCUT2D eigenvalue weighted by atomic mass is 32.2. The van der Waals surface area contributed by atoms with Gasteiger partial charge < -0.3 is 4.90 Å². The highest BCUT2D eigenvalue weighted by molar-refractivity contribution is 7.89. The molecule has 2 rings (SSSR count). The third-order valence-electron chi connectivity index (χ3n) is 3.76. The van der Waals surface area contributed by atoms with Gasteiger partial charge in [0.15, 0.2) is 0 Å². The third kappa shape index (κ3) is 4.84. The number of nitrogens with zero attached hydrogens (tertiary/aromatic N) is 1. The second kappa shape index (κ2) is 7.54. The van der Waals surface area contributed by atoms with Crippen LogP contribution in [0.15, 0.2) is 17.5 Å². The van der Waals surface area contributed by atoms with Crippen LogP contribution in [0.5, 0.6) is 0 Å². The van der Waals surface area contributed by atoms with Crippen molar-refractivity contribution in [2.45, 2.75) is 32.1 Å². The minimum absolute atomic E-state index is 0.230. The van der Waals surface area contributed by atoms with Crippen LogP contribution in [0.1, 0.15) is 37.0 Å². The summed E-state index contributed by atoms with van der Waals surface area (Å²) in [5.74, 6) is 0.927. The van der Waals surface area contributed by atoms with Gasteiger partial charge >= 0.3 is 0 Å². The summed E-state index contributed by atoms with van der Waals surface area (Å²) >= 11 is 1.85. The van der Waals surface area contributed by atoms with Crippen LogP contribution in [0.3, 0.4) is 0 Å². The monoisotopic (exact) mass is 316 g/mol. The third-order valence-corrected chi connectivity index (χ3v) is 6.38. The number of nitrogens with one attached hydrogen (secondary N) is 1. The maximum absolute atomic E-state index is 11.6. The van der Waals surface area contributed by atoms with E-state index in [4.69, 9.17) is 0 Å². The van der Waals surface area contributed by atoms with Crippen molar-refractivity contribution in [2.75, 3.05) is 31.9 Å². The number of piperidine rings is 1. The molecule has 1 aliphatic rings. The van der Waals surface area contributed by atoms with Crippen LogP contribution in [0.4, 0.5) is 0 Å². The minimum Gasteiger partial charge on any atom is -0.302 e. The molecule has 1 aliphatic heterocycles. The van der Waals surface area contributed by atoms with Gasteiger partial charge in [0.25, 0.3) is 0 Å². The van der Waals surface area contributed by atoms with Gasteiger partial charge in [-0.1, -0.05) is 13.0 Å². The Labute approximate surface area is 126 Å². The van der Waals surface area contributed by atoms with Gasteiger partial charge in [0, 0.05) is 18.0 Å². The summed E-state index contributed by atoms with van der Waals surface area (Å²) in [7, 11) is -3.05. The van der Waals surface area contributed by atoms with Crippen molar-refractivity contribution < 1.29 is 8.42 Å². The first-order valence-electron chi connectivity index (χ1n) is 7.34. The van der Waals surface area contributed by atoms with Gasteiger partial charge in [-0.25, -0.2) is 13.1 Å². The molecule has 4 nitrogen and oxygen atoms in total. The topological polar surface area (TPSA) is 49.4 Å². The molecule has 6 heteroatoms. The van der Waals surface area contributed by atoms with E-state index in [1.807, 2.05) is 18.3 Å². The molecule has 0 amide bonds. The van der Waals surface area contributed by atoms with E-state index in [1.165, 1.54) is 17.7 Å². The summed E-state index contributed by atoms with van der Waals surface area (Å²) in [6.45, 7) is 5.37. The molecule has 1 aromatic heterocycles. The van der Waals surface area contributed by atoms with Crippen LogP contribution in [-0.2, 0) is 10.0 Å². The number of hydrogen-bond donors (Lipinski definition) is 1. The smallest absolute Gasteiger partial charge is 0.211 e. The van der Waals surface area contributed by atoms with Crippen molar-refractivity contribution in [3.63, 3.8) is 0 Å². The minimum atomic E-state index is -3.05. The van der Waals surface area contributed by atoms with E-state index in [-0.39, 0.29) is 5.75 Å². The van der Waals surface area contributed by atoms with E-state index in [0.717, 1.165) is 19.6 Å². The van der Waals surface area contributed by atoms with Crippen molar-refractivity contribution in [2.24, 2.45) is 0 Å². The SMILES string of the molecule is CCCS(=O)(=O)NCCN1CCC(c2cccs2)CC1. The number of sulfonamides is 1. The van der Waals surface area contributed by atoms with Gasteiger partial charge in [0.2, 0.25) is 10.0 Å². The van der Waals surface area contributed by atoms with Gasteiger partial charge in [-0.3, -0.25) is 0 Å². The summed E-state index contributed by atoms with van der Waals surface area (Å²) in [5, 5.41) is 2.14. The highest BCUT2D eigenvalue weighted by Crippen LogP contribution is 2.30. The standard InChI is InChI=1S/C14H24N2O2S2/c1-2-12-20(17,18)15-7-10-16-8-5-13(6-9-16)14-4-3-11-19-14/h3-4,11,13,15H,2,5-10,12H2,1H3. The summed E-state index contributed by atoms with van der Waals surface area (Å²) in [6, 6.07) is 4.35. The first-order chi connectivity index (χ1) is 9.61. The normalized spacial score (nSPS) is 18.4. The zero-order chi connectivity index (χ0) is 14.4. The van der Waals surface area contributed by atoms with Gasteiger partial charge in [0.1, 0.15) is 0 Å². The first kappa shape index (κ1) is 15.9. The molecule has 0 aromatic carbocycles. The van der Waals surface area contributed by atoms with E-state index in [9.17, 15) is 8.42 Å². The number of likely N-dealkylation sites (tertiary alicyclic amines) is 1. The van der Waals surface area contributed by atoms with Crippen molar-refractivity contribution in [1.82, 2.24) is 9.62 Å². The quantitative estimate of drug-likeness (QED) is 0.839. The van der Waals surface area contributed by atoms with Crippen molar-refractivity contribution in [1.29, 1.82) is 0 Å². The summed E-state index contributed by atoms with van der Waals surface area (Å²) in [5.41, 5.74) is 0.